The normalized spacial score (nSPS) is 11.1. The minimum atomic E-state index is -0.363. The molecule has 148 valence electrons. The molecule has 1 aromatic carbocycles. The predicted molar refractivity (Wildman–Crippen MR) is 112 cm³/mol. The highest BCUT2D eigenvalue weighted by Crippen LogP contribution is 2.19. The molecule has 0 aliphatic heterocycles. The van der Waals surface area contributed by atoms with Crippen molar-refractivity contribution in [1.29, 1.82) is 0 Å². The van der Waals surface area contributed by atoms with Gasteiger partial charge in [0, 0.05) is 17.3 Å². The Bertz CT molecular complexity index is 652. The quantitative estimate of drug-likeness (QED) is 0.273. The van der Waals surface area contributed by atoms with E-state index in [0.29, 0.717) is 11.4 Å². The van der Waals surface area contributed by atoms with Crippen LogP contribution in [0.4, 0.5) is 4.39 Å². The van der Waals surface area contributed by atoms with Crippen molar-refractivity contribution in [3.05, 3.63) is 47.5 Å². The van der Waals surface area contributed by atoms with E-state index in [0.717, 1.165) is 31.2 Å². The van der Waals surface area contributed by atoms with Gasteiger partial charge in [-0.3, -0.25) is 0 Å². The fourth-order valence-corrected chi connectivity index (χ4v) is 3.36. The third-order valence-corrected chi connectivity index (χ3v) is 5.14. The van der Waals surface area contributed by atoms with E-state index >= 15 is 0 Å². The van der Waals surface area contributed by atoms with Crippen molar-refractivity contribution in [3.8, 4) is 11.4 Å². The van der Waals surface area contributed by atoms with Gasteiger partial charge in [0.25, 0.3) is 0 Å². The maximum atomic E-state index is 14.3. The Kier molecular flexibility index (Phi) is 10.0. The van der Waals surface area contributed by atoms with E-state index in [-0.39, 0.29) is 5.95 Å². The second kappa shape index (κ2) is 12.6. The fourth-order valence-electron chi connectivity index (χ4n) is 3.36. The zero-order valence-electron chi connectivity index (χ0n) is 17.1. The minimum Gasteiger partial charge on any atom is -0.236 e. The lowest BCUT2D eigenvalue weighted by molar-refractivity contribution is 0.547. The van der Waals surface area contributed by atoms with E-state index in [1.165, 1.54) is 56.9 Å². The third kappa shape index (κ3) is 7.78. The standard InChI is InChI=1S/C24H35FN2/c1-3-5-7-8-9-10-12-14-22-19-26-24(27-23(22)25)21-17-15-20(16-18-21)13-11-6-4-2/h15-19H,3-14H2,1-2H3. The van der Waals surface area contributed by atoms with Gasteiger partial charge in [0.2, 0.25) is 5.95 Å². The van der Waals surface area contributed by atoms with Crippen molar-refractivity contribution in [3.63, 3.8) is 0 Å². The highest BCUT2D eigenvalue weighted by Gasteiger charge is 2.08. The molecule has 0 atom stereocenters. The van der Waals surface area contributed by atoms with Gasteiger partial charge in [-0.2, -0.15) is 9.37 Å². The molecule has 0 fully saturated rings. The molecule has 2 aromatic rings. The molecule has 1 heterocycles. The number of hydrogen-bond acceptors (Lipinski definition) is 2. The molecular weight excluding hydrogens is 335 g/mol. The summed E-state index contributed by atoms with van der Waals surface area (Å²) in [7, 11) is 0. The maximum absolute atomic E-state index is 14.3. The maximum Gasteiger partial charge on any atom is 0.219 e. The number of aryl methyl sites for hydroxylation is 2. The fraction of sp³-hybridized carbons (Fsp3) is 0.583. The van der Waals surface area contributed by atoms with Crippen LogP contribution in [0.15, 0.2) is 30.5 Å². The summed E-state index contributed by atoms with van der Waals surface area (Å²) < 4.78 is 14.3. The van der Waals surface area contributed by atoms with Crippen LogP contribution in [0.25, 0.3) is 11.4 Å². The second-order valence-electron chi connectivity index (χ2n) is 7.54. The van der Waals surface area contributed by atoms with Crippen LogP contribution < -0.4 is 0 Å². The second-order valence-corrected chi connectivity index (χ2v) is 7.54. The summed E-state index contributed by atoms with van der Waals surface area (Å²) in [4.78, 5) is 8.51. The van der Waals surface area contributed by atoms with E-state index in [4.69, 9.17) is 0 Å². The number of nitrogens with zero attached hydrogens (tertiary/aromatic N) is 2. The van der Waals surface area contributed by atoms with Crippen LogP contribution in [0.3, 0.4) is 0 Å². The van der Waals surface area contributed by atoms with Crippen molar-refractivity contribution in [2.45, 2.75) is 90.9 Å². The van der Waals surface area contributed by atoms with Crippen LogP contribution in [0.2, 0.25) is 0 Å². The number of halogens is 1. The zero-order valence-corrected chi connectivity index (χ0v) is 17.1. The van der Waals surface area contributed by atoms with Crippen molar-refractivity contribution in [2.75, 3.05) is 0 Å². The Morgan fingerprint density at radius 1 is 0.741 bits per heavy atom. The summed E-state index contributed by atoms with van der Waals surface area (Å²) in [5.74, 6) is 0.119. The first-order chi connectivity index (χ1) is 13.2. The molecule has 27 heavy (non-hydrogen) atoms. The summed E-state index contributed by atoms with van der Waals surface area (Å²) in [6.07, 6.45) is 15.8. The summed E-state index contributed by atoms with van der Waals surface area (Å²) in [6, 6.07) is 8.23. The summed E-state index contributed by atoms with van der Waals surface area (Å²) in [6.45, 7) is 4.45. The van der Waals surface area contributed by atoms with Crippen LogP contribution in [0, 0.1) is 5.95 Å². The van der Waals surface area contributed by atoms with Crippen LogP contribution in [0.5, 0.6) is 0 Å². The first-order valence-electron chi connectivity index (χ1n) is 10.8. The van der Waals surface area contributed by atoms with Crippen molar-refractivity contribution >= 4 is 0 Å². The lowest BCUT2D eigenvalue weighted by Crippen LogP contribution is -1.99. The Morgan fingerprint density at radius 3 is 2.00 bits per heavy atom. The molecule has 0 bridgehead atoms. The zero-order chi connectivity index (χ0) is 19.3. The molecule has 0 unspecified atom stereocenters. The largest absolute Gasteiger partial charge is 0.236 e. The number of rotatable bonds is 13. The first-order valence-corrected chi connectivity index (χ1v) is 10.8. The number of unbranched alkanes of at least 4 members (excludes halogenated alkanes) is 8. The van der Waals surface area contributed by atoms with Crippen molar-refractivity contribution in [2.24, 2.45) is 0 Å². The van der Waals surface area contributed by atoms with Gasteiger partial charge in [0.1, 0.15) is 0 Å². The first kappa shape index (κ1) is 21.5. The lowest BCUT2D eigenvalue weighted by Gasteiger charge is -2.06. The average molecular weight is 371 g/mol. The van der Waals surface area contributed by atoms with Gasteiger partial charge in [-0.05, 0) is 31.2 Å². The monoisotopic (exact) mass is 370 g/mol. The molecule has 0 spiro atoms. The van der Waals surface area contributed by atoms with Gasteiger partial charge in [0.05, 0.1) is 0 Å². The number of hydrogen-bond donors (Lipinski definition) is 0. The van der Waals surface area contributed by atoms with Crippen LogP contribution in [-0.4, -0.2) is 9.97 Å². The molecule has 2 nitrogen and oxygen atoms in total. The molecule has 0 amide bonds. The molecule has 3 heteroatoms. The number of benzene rings is 1. The summed E-state index contributed by atoms with van der Waals surface area (Å²) in [5.41, 5.74) is 2.85. The molecule has 0 aliphatic rings. The summed E-state index contributed by atoms with van der Waals surface area (Å²) >= 11 is 0. The Balaban J connectivity index is 1.83. The molecule has 0 radical (unpaired) electrons. The molecule has 0 saturated carbocycles. The molecule has 2 rings (SSSR count). The lowest BCUT2D eigenvalue weighted by atomic mass is 10.0. The van der Waals surface area contributed by atoms with E-state index in [2.05, 4.69) is 35.9 Å². The Labute approximate surface area is 164 Å². The van der Waals surface area contributed by atoms with E-state index < -0.39 is 0 Å². The van der Waals surface area contributed by atoms with E-state index in [1.54, 1.807) is 6.20 Å². The van der Waals surface area contributed by atoms with Gasteiger partial charge in [-0.15, -0.1) is 0 Å². The predicted octanol–water partition coefficient (Wildman–Crippen LogP) is 7.31. The van der Waals surface area contributed by atoms with Gasteiger partial charge in [-0.1, -0.05) is 89.5 Å². The SMILES string of the molecule is CCCCCCCCCc1cnc(-c2ccc(CCCCC)cc2)nc1F. The highest BCUT2D eigenvalue weighted by atomic mass is 19.1. The van der Waals surface area contributed by atoms with E-state index in [9.17, 15) is 4.39 Å². The van der Waals surface area contributed by atoms with Gasteiger partial charge in [0.15, 0.2) is 5.82 Å². The van der Waals surface area contributed by atoms with Crippen LogP contribution in [-0.2, 0) is 12.8 Å². The van der Waals surface area contributed by atoms with Crippen molar-refractivity contribution < 1.29 is 4.39 Å². The molecule has 0 aliphatic carbocycles. The molecule has 0 saturated heterocycles. The van der Waals surface area contributed by atoms with Gasteiger partial charge in [-0.25, -0.2) is 4.98 Å². The minimum absolute atomic E-state index is 0.363. The summed E-state index contributed by atoms with van der Waals surface area (Å²) in [5, 5.41) is 0. The average Bonchev–Trinajstić information content (AvgIpc) is 2.69. The Morgan fingerprint density at radius 2 is 1.33 bits per heavy atom. The van der Waals surface area contributed by atoms with Gasteiger partial charge >= 0.3 is 0 Å². The van der Waals surface area contributed by atoms with Crippen LogP contribution >= 0.6 is 0 Å². The van der Waals surface area contributed by atoms with E-state index in [1.807, 2.05) is 12.1 Å². The number of aromatic nitrogens is 2. The molecular formula is C24H35FN2. The van der Waals surface area contributed by atoms with Crippen LogP contribution in [0.1, 0.15) is 89.2 Å². The topological polar surface area (TPSA) is 25.8 Å². The molecule has 1 aromatic heterocycles. The smallest absolute Gasteiger partial charge is 0.219 e. The highest BCUT2D eigenvalue weighted by molar-refractivity contribution is 5.55. The Hall–Kier alpha value is -1.77. The van der Waals surface area contributed by atoms with Crippen molar-refractivity contribution in [1.82, 2.24) is 9.97 Å². The molecule has 0 N–H and O–H groups in total. The van der Waals surface area contributed by atoms with Gasteiger partial charge < -0.3 is 0 Å². The third-order valence-electron chi connectivity index (χ3n) is 5.14.